The van der Waals surface area contributed by atoms with Crippen LogP contribution in [0.15, 0.2) is 78.2 Å². The predicted octanol–water partition coefficient (Wildman–Crippen LogP) is 5.18. The van der Waals surface area contributed by atoms with E-state index in [0.717, 1.165) is 27.8 Å². The van der Waals surface area contributed by atoms with E-state index in [9.17, 15) is 0 Å². The quantitative estimate of drug-likeness (QED) is 0.669. The molecule has 0 radical (unpaired) electrons. The fourth-order valence-electron chi connectivity index (χ4n) is 5.14. The van der Waals surface area contributed by atoms with Gasteiger partial charge in [0.2, 0.25) is 0 Å². The van der Waals surface area contributed by atoms with Gasteiger partial charge in [-0.3, -0.25) is 0 Å². The summed E-state index contributed by atoms with van der Waals surface area (Å²) in [6.45, 7) is 5.35. The van der Waals surface area contributed by atoms with Crippen molar-refractivity contribution in [3.63, 3.8) is 0 Å². The molecule has 6 heteroatoms. The van der Waals surface area contributed by atoms with Crippen LogP contribution in [0.4, 0.5) is 10.1 Å². The lowest BCUT2D eigenvalue weighted by atomic mass is 9.84. The second-order valence-electron chi connectivity index (χ2n) is 9.15. The third-order valence-corrected chi connectivity index (χ3v) is 6.65. The van der Waals surface area contributed by atoms with Crippen molar-refractivity contribution in [1.29, 1.82) is 5.26 Å². The van der Waals surface area contributed by atoms with Gasteiger partial charge >= 0.3 is 0 Å². The standard InChI is InChI=1S/C29H28FN3O2/c1-18-16-33(17-19(2)35-18)27-12-11-22(13-26(27)30)25-15-32-28-23(5-4-6-24(28)29(25)34-3)21-9-7-20(14-31)8-10-21/h4-13,15,18-19,28,32H,16-17H2,1-3H3. The fraction of sp³-hybridized carbons (Fsp3) is 0.276. The van der Waals surface area contributed by atoms with Gasteiger partial charge < -0.3 is 19.7 Å². The molecule has 0 aromatic heterocycles. The van der Waals surface area contributed by atoms with Crippen LogP contribution in [-0.2, 0) is 9.47 Å². The second kappa shape index (κ2) is 9.44. The first kappa shape index (κ1) is 22.9. The van der Waals surface area contributed by atoms with E-state index in [0.29, 0.717) is 30.1 Å². The van der Waals surface area contributed by atoms with E-state index in [1.54, 1.807) is 13.2 Å². The van der Waals surface area contributed by atoms with E-state index in [1.807, 2.05) is 68.6 Å². The van der Waals surface area contributed by atoms with Gasteiger partial charge in [-0.2, -0.15) is 5.26 Å². The molecule has 2 heterocycles. The van der Waals surface area contributed by atoms with E-state index in [2.05, 4.69) is 22.4 Å². The number of benzene rings is 2. The topological polar surface area (TPSA) is 57.5 Å². The summed E-state index contributed by atoms with van der Waals surface area (Å²) in [7, 11) is 1.65. The van der Waals surface area contributed by atoms with Crippen molar-refractivity contribution in [2.75, 3.05) is 25.1 Å². The number of rotatable bonds is 4. The number of methoxy groups -OCH3 is 1. The summed E-state index contributed by atoms with van der Waals surface area (Å²) in [5, 5.41) is 12.6. The molecule has 0 amide bonds. The highest BCUT2D eigenvalue weighted by molar-refractivity contribution is 5.86. The lowest BCUT2D eigenvalue weighted by Gasteiger charge is -2.37. The summed E-state index contributed by atoms with van der Waals surface area (Å²) in [6.07, 6.45) is 8.10. The molecule has 35 heavy (non-hydrogen) atoms. The summed E-state index contributed by atoms with van der Waals surface area (Å²) < 4.78 is 27.0. The maximum atomic E-state index is 15.3. The number of anilines is 1. The Morgan fingerprint density at radius 3 is 2.46 bits per heavy atom. The predicted molar refractivity (Wildman–Crippen MR) is 136 cm³/mol. The highest BCUT2D eigenvalue weighted by Gasteiger charge is 2.30. The number of fused-ring (bicyclic) bond motifs is 1. The average molecular weight is 470 g/mol. The van der Waals surface area contributed by atoms with Crippen molar-refractivity contribution in [2.24, 2.45) is 0 Å². The number of ether oxygens (including phenoxy) is 2. The van der Waals surface area contributed by atoms with Crippen LogP contribution in [0.25, 0.3) is 11.1 Å². The minimum atomic E-state index is -0.260. The van der Waals surface area contributed by atoms with Crippen molar-refractivity contribution in [3.8, 4) is 6.07 Å². The molecule has 3 unspecified atom stereocenters. The molecule has 5 nitrogen and oxygen atoms in total. The highest BCUT2D eigenvalue weighted by atomic mass is 19.1. The number of morpholine rings is 1. The van der Waals surface area contributed by atoms with Gasteiger partial charge in [0.15, 0.2) is 0 Å². The zero-order valence-corrected chi connectivity index (χ0v) is 20.1. The van der Waals surface area contributed by atoms with Crippen LogP contribution in [0, 0.1) is 17.1 Å². The zero-order valence-electron chi connectivity index (χ0n) is 20.1. The van der Waals surface area contributed by atoms with Gasteiger partial charge in [-0.05, 0) is 54.8 Å². The maximum absolute atomic E-state index is 15.3. The number of halogens is 1. The minimum absolute atomic E-state index is 0.0567. The van der Waals surface area contributed by atoms with E-state index < -0.39 is 0 Å². The van der Waals surface area contributed by atoms with E-state index in [-0.39, 0.29) is 24.1 Å². The van der Waals surface area contributed by atoms with Crippen molar-refractivity contribution in [1.82, 2.24) is 5.32 Å². The van der Waals surface area contributed by atoms with E-state index >= 15 is 4.39 Å². The fourth-order valence-corrected chi connectivity index (χ4v) is 5.14. The molecule has 2 aromatic rings. The molecule has 1 aliphatic carbocycles. The molecule has 2 aliphatic heterocycles. The van der Waals surface area contributed by atoms with Gasteiger partial charge in [-0.15, -0.1) is 0 Å². The molecule has 1 fully saturated rings. The third kappa shape index (κ3) is 4.36. The Bertz CT molecular complexity index is 1290. The SMILES string of the molecule is COC1=C2C=CC=C(c3ccc(C#N)cc3)C2NC=C1c1ccc(N2CC(C)OC(C)C2)c(F)c1. The number of hydrogen-bond acceptors (Lipinski definition) is 5. The molecule has 3 aliphatic rings. The third-order valence-electron chi connectivity index (χ3n) is 6.65. The minimum Gasteiger partial charge on any atom is -0.496 e. The first-order valence-electron chi connectivity index (χ1n) is 11.8. The van der Waals surface area contributed by atoms with Gasteiger partial charge in [-0.25, -0.2) is 4.39 Å². The number of nitriles is 1. The summed E-state index contributed by atoms with van der Waals surface area (Å²) in [4.78, 5) is 2.05. The van der Waals surface area contributed by atoms with Crippen molar-refractivity contribution < 1.29 is 13.9 Å². The first-order valence-corrected chi connectivity index (χ1v) is 11.8. The Labute approximate surface area is 205 Å². The van der Waals surface area contributed by atoms with Crippen molar-refractivity contribution in [2.45, 2.75) is 32.1 Å². The molecule has 1 saturated heterocycles. The Morgan fingerprint density at radius 2 is 1.80 bits per heavy atom. The molecule has 5 rings (SSSR count). The summed E-state index contributed by atoms with van der Waals surface area (Å²) in [5.41, 5.74) is 5.85. The van der Waals surface area contributed by atoms with E-state index in [1.165, 1.54) is 0 Å². The van der Waals surface area contributed by atoms with Gasteiger partial charge in [0.05, 0.1) is 42.7 Å². The number of dihydropyridines is 1. The number of nitrogens with one attached hydrogen (secondary N) is 1. The Morgan fingerprint density at radius 1 is 1.09 bits per heavy atom. The number of hydrogen-bond donors (Lipinski definition) is 1. The average Bonchev–Trinajstić information content (AvgIpc) is 2.87. The molecular weight excluding hydrogens is 441 g/mol. The zero-order chi connectivity index (χ0) is 24.5. The summed E-state index contributed by atoms with van der Waals surface area (Å²) in [6, 6.07) is 15.0. The summed E-state index contributed by atoms with van der Waals surface area (Å²) in [5.74, 6) is 0.453. The molecule has 0 bridgehead atoms. The van der Waals surface area contributed by atoms with Gasteiger partial charge in [-0.1, -0.05) is 36.4 Å². The van der Waals surface area contributed by atoms with Gasteiger partial charge in [0.25, 0.3) is 0 Å². The van der Waals surface area contributed by atoms with Crippen LogP contribution in [0.5, 0.6) is 0 Å². The van der Waals surface area contributed by atoms with Crippen LogP contribution in [-0.4, -0.2) is 38.4 Å². The Hall–Kier alpha value is -3.82. The van der Waals surface area contributed by atoms with Crippen molar-refractivity contribution in [3.05, 3.63) is 101 Å². The molecule has 2 aromatic carbocycles. The van der Waals surface area contributed by atoms with Crippen LogP contribution >= 0.6 is 0 Å². The van der Waals surface area contributed by atoms with Gasteiger partial charge in [0, 0.05) is 30.4 Å². The Kier molecular flexibility index (Phi) is 6.19. The lowest BCUT2D eigenvalue weighted by Crippen LogP contribution is -2.45. The van der Waals surface area contributed by atoms with Crippen LogP contribution < -0.4 is 10.2 Å². The largest absolute Gasteiger partial charge is 0.496 e. The highest BCUT2D eigenvalue weighted by Crippen LogP contribution is 2.38. The van der Waals surface area contributed by atoms with Crippen LogP contribution in [0.2, 0.25) is 0 Å². The van der Waals surface area contributed by atoms with Crippen molar-refractivity contribution >= 4 is 16.8 Å². The smallest absolute Gasteiger partial charge is 0.147 e. The van der Waals surface area contributed by atoms with E-state index in [4.69, 9.17) is 14.7 Å². The number of nitrogens with zero attached hydrogens (tertiary/aromatic N) is 2. The molecule has 1 N–H and O–H groups in total. The maximum Gasteiger partial charge on any atom is 0.147 e. The molecule has 0 saturated carbocycles. The first-order chi connectivity index (χ1) is 17.0. The molecule has 0 spiro atoms. The molecule has 178 valence electrons. The van der Waals surface area contributed by atoms with Crippen LogP contribution in [0.3, 0.4) is 0 Å². The lowest BCUT2D eigenvalue weighted by molar-refractivity contribution is -0.00539. The second-order valence-corrected chi connectivity index (χ2v) is 9.15. The molecule has 3 atom stereocenters. The van der Waals surface area contributed by atoms with Gasteiger partial charge in [0.1, 0.15) is 11.6 Å². The monoisotopic (exact) mass is 469 g/mol. The summed E-state index contributed by atoms with van der Waals surface area (Å²) >= 11 is 0. The van der Waals surface area contributed by atoms with Crippen LogP contribution in [0.1, 0.15) is 30.5 Å². The molecular formula is C29H28FN3O2. The Balaban J connectivity index is 1.44. The number of allylic oxidation sites excluding steroid dienone is 3. The normalized spacial score (nSPS) is 23.6.